The first-order valence-corrected chi connectivity index (χ1v) is 5.40. The zero-order valence-electron chi connectivity index (χ0n) is 10.7. The highest BCUT2D eigenvalue weighted by Crippen LogP contribution is 2.13. The van der Waals surface area contributed by atoms with E-state index in [9.17, 15) is 9.59 Å². The van der Waals surface area contributed by atoms with E-state index in [-0.39, 0.29) is 18.1 Å². The summed E-state index contributed by atoms with van der Waals surface area (Å²) in [6.07, 6.45) is 1.80. The van der Waals surface area contributed by atoms with Crippen molar-refractivity contribution in [2.24, 2.45) is 0 Å². The quantitative estimate of drug-likeness (QED) is 0.724. The molecule has 0 aromatic carbocycles. The van der Waals surface area contributed by atoms with E-state index in [1.165, 1.54) is 20.4 Å². The maximum atomic E-state index is 11.3. The van der Waals surface area contributed by atoms with Gasteiger partial charge in [0, 0.05) is 25.5 Å². The van der Waals surface area contributed by atoms with Gasteiger partial charge in [-0.3, -0.25) is 4.79 Å². The lowest BCUT2D eigenvalue weighted by Crippen LogP contribution is -2.22. The number of carbonyl (C=O) groups excluding carboxylic acids is 2. The summed E-state index contributed by atoms with van der Waals surface area (Å²) in [6, 6.07) is 3.37. The molecule has 98 valence electrons. The van der Waals surface area contributed by atoms with E-state index in [0.29, 0.717) is 6.54 Å². The van der Waals surface area contributed by atoms with Crippen LogP contribution in [-0.2, 0) is 14.3 Å². The second kappa shape index (κ2) is 6.58. The summed E-state index contributed by atoms with van der Waals surface area (Å²) >= 11 is 0. The summed E-state index contributed by atoms with van der Waals surface area (Å²) in [5, 5.41) is 0. The number of anilines is 1. The molecule has 0 bridgehead atoms. The lowest BCUT2D eigenvalue weighted by Gasteiger charge is -2.18. The van der Waals surface area contributed by atoms with Crippen molar-refractivity contribution in [1.29, 1.82) is 0 Å². The Hall–Kier alpha value is -2.11. The molecule has 0 atom stereocenters. The van der Waals surface area contributed by atoms with E-state index < -0.39 is 5.97 Å². The van der Waals surface area contributed by atoms with E-state index in [0.717, 1.165) is 5.69 Å². The van der Waals surface area contributed by atoms with Crippen LogP contribution in [0.2, 0.25) is 0 Å². The number of rotatable bonds is 5. The molecule has 6 heteroatoms. The summed E-state index contributed by atoms with van der Waals surface area (Å²) < 4.78 is 9.16. The van der Waals surface area contributed by atoms with Gasteiger partial charge >= 0.3 is 11.9 Å². The molecule has 0 amide bonds. The van der Waals surface area contributed by atoms with Crippen LogP contribution in [-0.4, -0.2) is 44.7 Å². The molecule has 6 nitrogen and oxygen atoms in total. The Morgan fingerprint density at radius 3 is 2.67 bits per heavy atom. The van der Waals surface area contributed by atoms with Crippen LogP contribution in [0, 0.1) is 0 Å². The molecule has 1 rings (SSSR count). The summed E-state index contributed by atoms with van der Waals surface area (Å²) in [5.41, 5.74) is 1.02. The fourth-order valence-electron chi connectivity index (χ4n) is 1.36. The summed E-state index contributed by atoms with van der Waals surface area (Å²) in [6.45, 7) is 0.497. The van der Waals surface area contributed by atoms with Crippen LogP contribution in [0.4, 0.5) is 5.69 Å². The number of carbonyl (C=O) groups is 2. The maximum absolute atomic E-state index is 11.3. The normalized spacial score (nSPS) is 9.72. The van der Waals surface area contributed by atoms with Crippen molar-refractivity contribution < 1.29 is 19.1 Å². The smallest absolute Gasteiger partial charge is 0.356 e. The second-order valence-corrected chi connectivity index (χ2v) is 3.64. The second-order valence-electron chi connectivity index (χ2n) is 3.64. The monoisotopic (exact) mass is 252 g/mol. The number of hydrogen-bond acceptors (Lipinski definition) is 6. The van der Waals surface area contributed by atoms with Gasteiger partial charge < -0.3 is 14.4 Å². The molecule has 0 N–H and O–H groups in total. The van der Waals surface area contributed by atoms with Crippen LogP contribution >= 0.6 is 0 Å². The first-order chi connectivity index (χ1) is 8.58. The van der Waals surface area contributed by atoms with Crippen molar-refractivity contribution >= 4 is 17.6 Å². The number of aromatic nitrogens is 1. The van der Waals surface area contributed by atoms with E-state index in [2.05, 4.69) is 14.5 Å². The first kappa shape index (κ1) is 14.0. The topological polar surface area (TPSA) is 68.7 Å². The van der Waals surface area contributed by atoms with Gasteiger partial charge in [0.2, 0.25) is 0 Å². The summed E-state index contributed by atoms with van der Waals surface area (Å²) in [4.78, 5) is 28.1. The predicted octanol–water partition coefficient (Wildman–Crippen LogP) is 0.867. The van der Waals surface area contributed by atoms with E-state index in [1.54, 1.807) is 12.1 Å². The minimum Gasteiger partial charge on any atom is -0.469 e. The van der Waals surface area contributed by atoms with E-state index >= 15 is 0 Å². The molecule has 0 saturated heterocycles. The van der Waals surface area contributed by atoms with Crippen molar-refractivity contribution in [3.05, 3.63) is 24.0 Å². The van der Waals surface area contributed by atoms with Gasteiger partial charge in [0.1, 0.15) is 5.69 Å². The minimum atomic E-state index is -0.488. The Kier molecular flexibility index (Phi) is 5.10. The third-order valence-corrected chi connectivity index (χ3v) is 2.46. The Morgan fingerprint density at radius 2 is 2.06 bits per heavy atom. The third kappa shape index (κ3) is 3.73. The zero-order chi connectivity index (χ0) is 13.5. The van der Waals surface area contributed by atoms with Gasteiger partial charge in [-0.1, -0.05) is 0 Å². The molecular weight excluding hydrogens is 236 g/mol. The number of nitrogens with zero attached hydrogens (tertiary/aromatic N) is 2. The molecule has 18 heavy (non-hydrogen) atoms. The average Bonchev–Trinajstić information content (AvgIpc) is 2.43. The molecule has 0 saturated carbocycles. The number of pyridine rings is 1. The standard InChI is InChI=1S/C12H16N2O4/c1-14(7-5-11(15)17-2)9-4-6-13-10(8-9)12(16)18-3/h4,6,8H,5,7H2,1-3H3. The Bertz CT molecular complexity index is 434. The Labute approximate surface area is 106 Å². The molecule has 1 aromatic rings. The van der Waals surface area contributed by atoms with Crippen LogP contribution in [0.1, 0.15) is 16.9 Å². The van der Waals surface area contributed by atoms with Crippen LogP contribution in [0.5, 0.6) is 0 Å². The van der Waals surface area contributed by atoms with Gasteiger partial charge in [-0.15, -0.1) is 0 Å². The van der Waals surface area contributed by atoms with Gasteiger partial charge in [0.25, 0.3) is 0 Å². The molecule has 1 heterocycles. The van der Waals surface area contributed by atoms with Gasteiger partial charge in [0.15, 0.2) is 0 Å². The van der Waals surface area contributed by atoms with Crippen molar-refractivity contribution in [2.45, 2.75) is 6.42 Å². The van der Waals surface area contributed by atoms with Gasteiger partial charge in [0.05, 0.1) is 20.6 Å². The summed E-state index contributed by atoms with van der Waals surface area (Å²) in [5.74, 6) is -0.762. The molecule has 0 fully saturated rings. The molecular formula is C12H16N2O4. The third-order valence-electron chi connectivity index (χ3n) is 2.46. The van der Waals surface area contributed by atoms with E-state index in [4.69, 9.17) is 0 Å². The molecule has 0 radical (unpaired) electrons. The fourth-order valence-corrected chi connectivity index (χ4v) is 1.36. The molecule has 0 aliphatic heterocycles. The van der Waals surface area contributed by atoms with Crippen LogP contribution in [0.25, 0.3) is 0 Å². The van der Waals surface area contributed by atoms with E-state index in [1.807, 2.05) is 11.9 Å². The van der Waals surface area contributed by atoms with Crippen LogP contribution in [0.3, 0.4) is 0 Å². The van der Waals surface area contributed by atoms with Crippen LogP contribution < -0.4 is 4.90 Å². The van der Waals surface area contributed by atoms with Gasteiger partial charge in [-0.25, -0.2) is 9.78 Å². The Balaban J connectivity index is 2.71. The molecule has 0 aliphatic carbocycles. The lowest BCUT2D eigenvalue weighted by atomic mass is 10.3. The summed E-state index contributed by atoms with van der Waals surface area (Å²) in [7, 11) is 4.47. The molecule has 0 aliphatic rings. The first-order valence-electron chi connectivity index (χ1n) is 5.40. The highest BCUT2D eigenvalue weighted by Gasteiger charge is 2.10. The number of hydrogen-bond donors (Lipinski definition) is 0. The minimum absolute atomic E-state index is 0.236. The lowest BCUT2D eigenvalue weighted by molar-refractivity contribution is -0.140. The average molecular weight is 252 g/mol. The molecule has 0 spiro atoms. The number of methoxy groups -OCH3 is 2. The van der Waals surface area contributed by atoms with Crippen molar-refractivity contribution in [3.63, 3.8) is 0 Å². The highest BCUT2D eigenvalue weighted by atomic mass is 16.5. The fraction of sp³-hybridized carbons (Fsp3) is 0.417. The highest BCUT2D eigenvalue weighted by molar-refractivity contribution is 5.88. The maximum Gasteiger partial charge on any atom is 0.356 e. The van der Waals surface area contributed by atoms with Crippen molar-refractivity contribution in [2.75, 3.05) is 32.7 Å². The van der Waals surface area contributed by atoms with Gasteiger partial charge in [-0.2, -0.15) is 0 Å². The van der Waals surface area contributed by atoms with Crippen molar-refractivity contribution in [3.8, 4) is 0 Å². The van der Waals surface area contributed by atoms with Gasteiger partial charge in [-0.05, 0) is 12.1 Å². The molecule has 1 aromatic heterocycles. The van der Waals surface area contributed by atoms with Crippen molar-refractivity contribution in [1.82, 2.24) is 4.98 Å². The molecule has 0 unspecified atom stereocenters. The van der Waals surface area contributed by atoms with Crippen LogP contribution in [0.15, 0.2) is 18.3 Å². The predicted molar refractivity (Wildman–Crippen MR) is 65.5 cm³/mol. The zero-order valence-corrected chi connectivity index (χ0v) is 10.7. The number of ether oxygens (including phenoxy) is 2. The number of esters is 2. The SMILES string of the molecule is COC(=O)CCN(C)c1ccnc(C(=O)OC)c1. The Morgan fingerprint density at radius 1 is 1.33 bits per heavy atom. The largest absolute Gasteiger partial charge is 0.469 e.